The normalized spacial score (nSPS) is 10.4. The molecule has 84 valence electrons. The molecule has 16 heavy (non-hydrogen) atoms. The zero-order chi connectivity index (χ0) is 11.5. The third kappa shape index (κ3) is 2.33. The number of methoxy groups -OCH3 is 1. The van der Waals surface area contributed by atoms with Crippen LogP contribution in [-0.2, 0) is 6.54 Å². The minimum Gasteiger partial charge on any atom is -0.497 e. The molecule has 0 fully saturated rings. The van der Waals surface area contributed by atoms with E-state index in [4.69, 9.17) is 10.5 Å². The van der Waals surface area contributed by atoms with Crippen molar-refractivity contribution in [3.05, 3.63) is 34.4 Å². The molecule has 0 aliphatic rings. The van der Waals surface area contributed by atoms with Crippen LogP contribution in [0.2, 0.25) is 0 Å². The van der Waals surface area contributed by atoms with Gasteiger partial charge in [-0.15, -0.1) is 5.10 Å². The monoisotopic (exact) mass is 282 g/mol. The fourth-order valence-electron chi connectivity index (χ4n) is 1.36. The number of nitrogen functional groups attached to an aromatic ring is 1. The fourth-order valence-corrected chi connectivity index (χ4v) is 1.74. The number of benzene rings is 1. The Kier molecular flexibility index (Phi) is 3.09. The van der Waals surface area contributed by atoms with E-state index >= 15 is 0 Å². The summed E-state index contributed by atoms with van der Waals surface area (Å²) in [6.07, 6.45) is 1.69. The van der Waals surface area contributed by atoms with Crippen LogP contribution < -0.4 is 10.5 Å². The van der Waals surface area contributed by atoms with Crippen molar-refractivity contribution in [2.45, 2.75) is 6.54 Å². The standard InChI is InChI=1S/C10H11BrN4O/c1-16-8-2-3-9(11)7(4-8)5-15-6-10(12)13-14-15/h2-4,6H,5,12H2,1H3. The first-order valence-corrected chi connectivity index (χ1v) is 5.46. The van der Waals surface area contributed by atoms with Crippen molar-refractivity contribution in [1.29, 1.82) is 0 Å². The van der Waals surface area contributed by atoms with E-state index in [1.807, 2.05) is 18.2 Å². The highest BCUT2D eigenvalue weighted by molar-refractivity contribution is 9.10. The zero-order valence-electron chi connectivity index (χ0n) is 8.72. The molecule has 0 saturated carbocycles. The lowest BCUT2D eigenvalue weighted by Gasteiger charge is -2.06. The Morgan fingerprint density at radius 1 is 1.50 bits per heavy atom. The Balaban J connectivity index is 2.26. The number of hydrogen-bond acceptors (Lipinski definition) is 4. The van der Waals surface area contributed by atoms with E-state index in [0.717, 1.165) is 15.8 Å². The van der Waals surface area contributed by atoms with Crippen LogP contribution in [0.15, 0.2) is 28.9 Å². The van der Waals surface area contributed by atoms with Crippen LogP contribution in [0.1, 0.15) is 5.56 Å². The Morgan fingerprint density at radius 2 is 2.31 bits per heavy atom. The van der Waals surface area contributed by atoms with E-state index in [2.05, 4.69) is 26.2 Å². The van der Waals surface area contributed by atoms with Crippen LogP contribution in [0.3, 0.4) is 0 Å². The van der Waals surface area contributed by atoms with Gasteiger partial charge in [0.2, 0.25) is 0 Å². The highest BCUT2D eigenvalue weighted by atomic mass is 79.9. The van der Waals surface area contributed by atoms with Crippen molar-refractivity contribution in [3.63, 3.8) is 0 Å². The summed E-state index contributed by atoms with van der Waals surface area (Å²) in [5.41, 5.74) is 6.56. The maximum absolute atomic E-state index is 5.50. The molecule has 0 aliphatic carbocycles. The number of anilines is 1. The molecule has 0 radical (unpaired) electrons. The molecule has 6 heteroatoms. The van der Waals surface area contributed by atoms with Crippen molar-refractivity contribution in [2.24, 2.45) is 0 Å². The molecule has 0 spiro atoms. The van der Waals surface area contributed by atoms with Crippen molar-refractivity contribution in [1.82, 2.24) is 15.0 Å². The summed E-state index contributed by atoms with van der Waals surface area (Å²) in [6, 6.07) is 5.78. The Labute approximate surface area is 101 Å². The lowest BCUT2D eigenvalue weighted by molar-refractivity contribution is 0.414. The second-order valence-corrected chi connectivity index (χ2v) is 4.15. The van der Waals surface area contributed by atoms with Crippen LogP contribution in [0.25, 0.3) is 0 Å². The third-order valence-electron chi connectivity index (χ3n) is 2.14. The smallest absolute Gasteiger partial charge is 0.165 e. The lowest BCUT2D eigenvalue weighted by atomic mass is 10.2. The zero-order valence-corrected chi connectivity index (χ0v) is 10.3. The van der Waals surface area contributed by atoms with Gasteiger partial charge in [0.25, 0.3) is 0 Å². The number of hydrogen-bond donors (Lipinski definition) is 1. The maximum Gasteiger partial charge on any atom is 0.165 e. The van der Waals surface area contributed by atoms with Gasteiger partial charge < -0.3 is 10.5 Å². The molecule has 0 saturated heterocycles. The topological polar surface area (TPSA) is 66.0 Å². The summed E-state index contributed by atoms with van der Waals surface area (Å²) in [6.45, 7) is 0.599. The van der Waals surface area contributed by atoms with E-state index in [9.17, 15) is 0 Å². The Hall–Kier alpha value is -1.56. The molecule has 0 bridgehead atoms. The first-order chi connectivity index (χ1) is 7.69. The molecule has 2 N–H and O–H groups in total. The van der Waals surface area contributed by atoms with Gasteiger partial charge in [0.1, 0.15) is 5.75 Å². The number of aromatic nitrogens is 3. The summed E-state index contributed by atoms with van der Waals surface area (Å²) >= 11 is 3.48. The predicted molar refractivity (Wildman–Crippen MR) is 64.2 cm³/mol. The van der Waals surface area contributed by atoms with Gasteiger partial charge in [-0.05, 0) is 23.8 Å². The highest BCUT2D eigenvalue weighted by Crippen LogP contribution is 2.23. The van der Waals surface area contributed by atoms with Gasteiger partial charge in [0, 0.05) is 4.47 Å². The molecule has 2 rings (SSSR count). The van der Waals surface area contributed by atoms with E-state index in [-0.39, 0.29) is 0 Å². The first kappa shape index (κ1) is 10.9. The third-order valence-corrected chi connectivity index (χ3v) is 2.92. The molecule has 0 atom stereocenters. The minimum absolute atomic E-state index is 0.416. The largest absolute Gasteiger partial charge is 0.497 e. The van der Waals surface area contributed by atoms with Crippen LogP contribution in [0.4, 0.5) is 5.82 Å². The number of nitrogens with zero attached hydrogens (tertiary/aromatic N) is 3. The maximum atomic E-state index is 5.50. The molecule has 1 aromatic heterocycles. The number of nitrogens with two attached hydrogens (primary N) is 1. The number of rotatable bonds is 3. The predicted octanol–water partition coefficient (Wildman–Crippen LogP) is 1.68. The van der Waals surface area contributed by atoms with E-state index in [0.29, 0.717) is 12.4 Å². The molecule has 2 aromatic rings. The summed E-state index contributed by atoms with van der Waals surface area (Å²) in [7, 11) is 1.64. The average Bonchev–Trinajstić information content (AvgIpc) is 2.67. The van der Waals surface area contributed by atoms with Crippen LogP contribution >= 0.6 is 15.9 Å². The van der Waals surface area contributed by atoms with Crippen LogP contribution in [0, 0.1) is 0 Å². The molecular formula is C10H11BrN4O. The summed E-state index contributed by atoms with van der Waals surface area (Å²) in [5.74, 6) is 1.23. The van der Waals surface area contributed by atoms with Gasteiger partial charge in [0.15, 0.2) is 5.82 Å². The molecule has 5 nitrogen and oxygen atoms in total. The fraction of sp³-hybridized carbons (Fsp3) is 0.200. The minimum atomic E-state index is 0.416. The van der Waals surface area contributed by atoms with Crippen molar-refractivity contribution in [2.75, 3.05) is 12.8 Å². The average molecular weight is 283 g/mol. The highest BCUT2D eigenvalue weighted by Gasteiger charge is 2.04. The summed E-state index contributed by atoms with van der Waals surface area (Å²) in [4.78, 5) is 0. The molecular weight excluding hydrogens is 272 g/mol. The second-order valence-electron chi connectivity index (χ2n) is 3.30. The quantitative estimate of drug-likeness (QED) is 0.930. The summed E-state index contributed by atoms with van der Waals surface area (Å²) in [5, 5.41) is 7.62. The number of halogens is 1. The number of ether oxygens (including phenoxy) is 1. The Morgan fingerprint density at radius 3 is 2.94 bits per heavy atom. The van der Waals surface area contributed by atoms with Gasteiger partial charge in [-0.2, -0.15) is 0 Å². The molecule has 0 unspecified atom stereocenters. The molecule has 1 aromatic carbocycles. The first-order valence-electron chi connectivity index (χ1n) is 4.67. The van der Waals surface area contributed by atoms with E-state index < -0.39 is 0 Å². The second kappa shape index (κ2) is 4.52. The summed E-state index contributed by atoms with van der Waals surface area (Å²) < 4.78 is 7.84. The van der Waals surface area contributed by atoms with Gasteiger partial charge in [0.05, 0.1) is 19.9 Å². The Bertz CT molecular complexity index is 497. The van der Waals surface area contributed by atoms with Gasteiger partial charge in [-0.25, -0.2) is 4.68 Å². The SMILES string of the molecule is COc1ccc(Br)c(Cn2cc(N)nn2)c1. The van der Waals surface area contributed by atoms with E-state index in [1.54, 1.807) is 18.0 Å². The van der Waals surface area contributed by atoms with Crippen molar-refractivity contribution >= 4 is 21.7 Å². The lowest BCUT2D eigenvalue weighted by Crippen LogP contribution is -2.01. The van der Waals surface area contributed by atoms with Crippen molar-refractivity contribution < 1.29 is 4.74 Å². The molecule has 0 amide bonds. The molecule has 0 aliphatic heterocycles. The van der Waals surface area contributed by atoms with Gasteiger partial charge in [-0.3, -0.25) is 0 Å². The van der Waals surface area contributed by atoms with Gasteiger partial charge >= 0.3 is 0 Å². The van der Waals surface area contributed by atoms with Crippen LogP contribution in [-0.4, -0.2) is 22.1 Å². The van der Waals surface area contributed by atoms with Crippen molar-refractivity contribution in [3.8, 4) is 5.75 Å². The van der Waals surface area contributed by atoms with E-state index in [1.165, 1.54) is 0 Å². The van der Waals surface area contributed by atoms with Crippen LogP contribution in [0.5, 0.6) is 5.75 Å². The van der Waals surface area contributed by atoms with Gasteiger partial charge in [-0.1, -0.05) is 21.1 Å². The molecule has 1 heterocycles.